The molecule has 6 nitrogen and oxygen atoms in total. The van der Waals surface area contributed by atoms with E-state index >= 15 is 0 Å². The number of thiophene rings is 1. The lowest BCUT2D eigenvalue weighted by Gasteiger charge is -2.12. The van der Waals surface area contributed by atoms with Crippen molar-refractivity contribution in [2.24, 2.45) is 0 Å². The molecule has 19 heavy (non-hydrogen) atoms. The number of nitrogens with zero attached hydrogens (tertiary/aromatic N) is 2. The van der Waals surface area contributed by atoms with Crippen molar-refractivity contribution < 1.29 is 14.3 Å². The number of carbonyl (C=O) groups excluding carboxylic acids is 1. The van der Waals surface area contributed by atoms with Crippen LogP contribution in [0.5, 0.6) is 5.88 Å². The zero-order chi connectivity index (χ0) is 13.7. The van der Waals surface area contributed by atoms with Gasteiger partial charge < -0.3 is 14.8 Å². The summed E-state index contributed by atoms with van der Waals surface area (Å²) in [7, 11) is 1.59. The maximum Gasteiger partial charge on any atom is 0.258 e. The molecule has 1 amide bonds. The molecule has 2 heterocycles. The topological polar surface area (TPSA) is 73.3 Å². The third-order valence-electron chi connectivity index (χ3n) is 2.39. The van der Waals surface area contributed by atoms with Gasteiger partial charge in [0.25, 0.3) is 5.91 Å². The lowest BCUT2D eigenvalue weighted by molar-refractivity contribution is -0.124. The summed E-state index contributed by atoms with van der Waals surface area (Å²) in [5.74, 6) is 0.229. The average molecular weight is 281 g/mol. The first-order chi connectivity index (χ1) is 9.20. The van der Waals surface area contributed by atoms with E-state index in [0.29, 0.717) is 12.5 Å². The van der Waals surface area contributed by atoms with Crippen LogP contribution >= 0.6 is 11.3 Å². The highest BCUT2D eigenvalue weighted by atomic mass is 32.1. The van der Waals surface area contributed by atoms with Gasteiger partial charge >= 0.3 is 0 Å². The molecular formula is C12H15N3O3S. The van der Waals surface area contributed by atoms with Gasteiger partial charge in [-0.2, -0.15) is 0 Å². The van der Waals surface area contributed by atoms with E-state index in [1.165, 1.54) is 17.7 Å². The van der Waals surface area contributed by atoms with Gasteiger partial charge in [0.2, 0.25) is 5.88 Å². The molecule has 7 heteroatoms. The van der Waals surface area contributed by atoms with Gasteiger partial charge in [-0.05, 0) is 18.4 Å². The Morgan fingerprint density at radius 3 is 3.16 bits per heavy atom. The van der Waals surface area contributed by atoms with Gasteiger partial charge in [0.1, 0.15) is 11.2 Å². The van der Waals surface area contributed by atoms with Gasteiger partial charge in [0.15, 0.2) is 6.61 Å². The molecule has 1 N–H and O–H groups in total. The molecule has 2 aromatic rings. The Kier molecular flexibility index (Phi) is 4.64. The van der Waals surface area contributed by atoms with E-state index in [1.54, 1.807) is 7.11 Å². The monoisotopic (exact) mass is 281 g/mol. The van der Waals surface area contributed by atoms with Crippen LogP contribution in [0, 0.1) is 0 Å². The van der Waals surface area contributed by atoms with Crippen LogP contribution in [0.1, 0.15) is 6.92 Å². The molecule has 0 aromatic carbocycles. The number of rotatable bonds is 6. The highest BCUT2D eigenvalue weighted by Gasteiger charge is 2.10. The maximum atomic E-state index is 11.6. The van der Waals surface area contributed by atoms with Crippen molar-refractivity contribution in [3.05, 3.63) is 17.8 Å². The fourth-order valence-electron chi connectivity index (χ4n) is 1.62. The minimum Gasteiger partial charge on any atom is -0.467 e. The minimum absolute atomic E-state index is 0.0485. The summed E-state index contributed by atoms with van der Waals surface area (Å²) < 4.78 is 10.4. The Morgan fingerprint density at radius 1 is 1.53 bits per heavy atom. The van der Waals surface area contributed by atoms with Gasteiger partial charge in [0.05, 0.1) is 12.0 Å². The average Bonchev–Trinajstić information content (AvgIpc) is 2.85. The summed E-state index contributed by atoms with van der Waals surface area (Å²) in [6.07, 6.45) is 1.43. The van der Waals surface area contributed by atoms with E-state index in [2.05, 4.69) is 15.3 Å². The van der Waals surface area contributed by atoms with Gasteiger partial charge in [0, 0.05) is 13.2 Å². The zero-order valence-electron chi connectivity index (χ0n) is 10.8. The first-order valence-corrected chi connectivity index (χ1v) is 6.68. The second-order valence-corrected chi connectivity index (χ2v) is 4.93. The van der Waals surface area contributed by atoms with Gasteiger partial charge in [-0.25, -0.2) is 9.97 Å². The largest absolute Gasteiger partial charge is 0.467 e. The Labute approximate surface area is 114 Å². The van der Waals surface area contributed by atoms with E-state index in [0.717, 1.165) is 10.2 Å². The normalized spacial score (nSPS) is 12.3. The van der Waals surface area contributed by atoms with Crippen LogP contribution in [0.25, 0.3) is 10.2 Å². The number of nitrogens with one attached hydrogen (secondary N) is 1. The summed E-state index contributed by atoms with van der Waals surface area (Å²) in [5.41, 5.74) is 0. The van der Waals surface area contributed by atoms with E-state index in [-0.39, 0.29) is 18.6 Å². The van der Waals surface area contributed by atoms with Crippen molar-refractivity contribution in [3.8, 4) is 5.88 Å². The highest BCUT2D eigenvalue weighted by Crippen LogP contribution is 2.25. The van der Waals surface area contributed by atoms with E-state index in [4.69, 9.17) is 9.47 Å². The molecule has 0 aliphatic rings. The van der Waals surface area contributed by atoms with Crippen molar-refractivity contribution in [3.63, 3.8) is 0 Å². The molecule has 0 fully saturated rings. The number of ether oxygens (including phenoxy) is 2. The lowest BCUT2D eigenvalue weighted by Crippen LogP contribution is -2.38. The molecule has 0 bridgehead atoms. The van der Waals surface area contributed by atoms with Crippen LogP contribution < -0.4 is 10.1 Å². The number of amides is 1. The van der Waals surface area contributed by atoms with E-state index < -0.39 is 0 Å². The van der Waals surface area contributed by atoms with Gasteiger partial charge in [-0.3, -0.25) is 4.79 Å². The Morgan fingerprint density at radius 2 is 2.37 bits per heavy atom. The van der Waals surface area contributed by atoms with E-state index in [1.807, 2.05) is 18.4 Å². The SMILES string of the molecule is COC[C@@H](C)NC(=O)COc1ncnc2sccc12. The quantitative estimate of drug-likeness (QED) is 0.862. The molecule has 0 saturated carbocycles. The zero-order valence-corrected chi connectivity index (χ0v) is 11.6. The number of aromatic nitrogens is 2. The van der Waals surface area contributed by atoms with Crippen molar-refractivity contribution >= 4 is 27.5 Å². The van der Waals surface area contributed by atoms with Crippen molar-refractivity contribution in [1.82, 2.24) is 15.3 Å². The molecule has 0 spiro atoms. The standard InChI is InChI=1S/C12H15N3O3S/c1-8(5-17-2)15-10(16)6-18-11-9-3-4-19-12(9)14-7-13-11/h3-4,7-8H,5-6H2,1-2H3,(H,15,16)/t8-/m1/s1. The summed E-state index contributed by atoms with van der Waals surface area (Å²) in [6.45, 7) is 2.26. The molecule has 1 atom stereocenters. The van der Waals surface area contributed by atoms with Crippen LogP contribution in [0.15, 0.2) is 17.8 Å². The number of hydrogen-bond donors (Lipinski definition) is 1. The number of methoxy groups -OCH3 is 1. The number of fused-ring (bicyclic) bond motifs is 1. The molecule has 2 rings (SSSR count). The van der Waals surface area contributed by atoms with Crippen LogP contribution in [-0.2, 0) is 9.53 Å². The highest BCUT2D eigenvalue weighted by molar-refractivity contribution is 7.16. The maximum absolute atomic E-state index is 11.6. The molecule has 0 saturated heterocycles. The molecule has 102 valence electrons. The van der Waals surface area contributed by atoms with Gasteiger partial charge in [-0.15, -0.1) is 11.3 Å². The van der Waals surface area contributed by atoms with E-state index in [9.17, 15) is 4.79 Å². The summed E-state index contributed by atoms with van der Waals surface area (Å²) in [5, 5.41) is 5.50. The lowest BCUT2D eigenvalue weighted by atomic mass is 10.3. The third kappa shape index (κ3) is 3.62. The van der Waals surface area contributed by atoms with Crippen molar-refractivity contribution in [2.75, 3.05) is 20.3 Å². The second kappa shape index (κ2) is 6.44. The Balaban J connectivity index is 1.91. The molecular weight excluding hydrogens is 266 g/mol. The predicted molar refractivity (Wildman–Crippen MR) is 72.4 cm³/mol. The smallest absolute Gasteiger partial charge is 0.258 e. The van der Waals surface area contributed by atoms with Crippen LogP contribution in [-0.4, -0.2) is 42.2 Å². The summed E-state index contributed by atoms with van der Waals surface area (Å²) >= 11 is 1.50. The Hall–Kier alpha value is -1.73. The first kappa shape index (κ1) is 13.7. The summed E-state index contributed by atoms with van der Waals surface area (Å²) in [4.78, 5) is 20.6. The number of hydrogen-bond acceptors (Lipinski definition) is 6. The van der Waals surface area contributed by atoms with Crippen molar-refractivity contribution in [1.29, 1.82) is 0 Å². The Bertz CT molecular complexity index is 558. The molecule has 0 unspecified atom stereocenters. The minimum atomic E-state index is -0.202. The summed E-state index contributed by atoms with van der Waals surface area (Å²) in [6, 6.07) is 1.83. The van der Waals surface area contributed by atoms with Crippen molar-refractivity contribution in [2.45, 2.75) is 13.0 Å². The number of carbonyl (C=O) groups is 1. The fraction of sp³-hybridized carbons (Fsp3) is 0.417. The van der Waals surface area contributed by atoms with Crippen LogP contribution in [0.3, 0.4) is 0 Å². The van der Waals surface area contributed by atoms with Gasteiger partial charge in [-0.1, -0.05) is 0 Å². The fourth-order valence-corrected chi connectivity index (χ4v) is 2.35. The van der Waals surface area contributed by atoms with Crippen LogP contribution in [0.4, 0.5) is 0 Å². The molecule has 0 aliphatic carbocycles. The molecule has 0 radical (unpaired) electrons. The first-order valence-electron chi connectivity index (χ1n) is 5.80. The van der Waals surface area contributed by atoms with Crippen LogP contribution in [0.2, 0.25) is 0 Å². The second-order valence-electron chi connectivity index (χ2n) is 4.03. The molecule has 0 aliphatic heterocycles. The third-order valence-corrected chi connectivity index (χ3v) is 3.21. The molecule has 2 aromatic heterocycles. The predicted octanol–water partition coefficient (Wildman–Crippen LogP) is 1.22.